The first-order valence-corrected chi connectivity index (χ1v) is 9.84. The summed E-state index contributed by atoms with van der Waals surface area (Å²) in [4.78, 5) is 20.7. The van der Waals surface area contributed by atoms with Crippen molar-refractivity contribution < 1.29 is 4.39 Å². The van der Waals surface area contributed by atoms with E-state index in [1.807, 2.05) is 13.0 Å². The smallest absolute Gasteiger partial charge is 0.255 e. The summed E-state index contributed by atoms with van der Waals surface area (Å²) in [5, 5.41) is 3.30. The average Bonchev–Trinajstić information content (AvgIpc) is 2.73. The predicted octanol–water partition coefficient (Wildman–Crippen LogP) is 3.42. The van der Waals surface area contributed by atoms with Crippen LogP contribution in [0, 0.1) is 12.7 Å². The van der Waals surface area contributed by atoms with Gasteiger partial charge in [-0.3, -0.25) is 9.36 Å². The van der Waals surface area contributed by atoms with Crippen molar-refractivity contribution in [3.8, 4) is 16.9 Å². The fourth-order valence-electron chi connectivity index (χ4n) is 3.68. The van der Waals surface area contributed by atoms with Gasteiger partial charge in [0.1, 0.15) is 5.69 Å². The molecule has 7 heteroatoms. The minimum Gasteiger partial charge on any atom is -0.351 e. The second-order valence-corrected chi connectivity index (χ2v) is 7.61. The molecule has 0 saturated heterocycles. The Kier molecular flexibility index (Phi) is 5.40. The number of aromatic nitrogens is 3. The molecule has 1 aromatic carbocycles. The van der Waals surface area contributed by atoms with Crippen molar-refractivity contribution in [1.29, 1.82) is 0 Å². The van der Waals surface area contributed by atoms with Crippen LogP contribution in [0.25, 0.3) is 16.9 Å². The highest BCUT2D eigenvalue weighted by atomic mass is 19.1. The molecule has 3 aromatic rings. The second-order valence-electron chi connectivity index (χ2n) is 7.61. The van der Waals surface area contributed by atoms with Crippen LogP contribution in [-0.4, -0.2) is 26.6 Å². The number of nitrogens with one attached hydrogen (secondary N) is 1. The molecule has 4 rings (SSSR count). The van der Waals surface area contributed by atoms with Crippen molar-refractivity contribution in [1.82, 2.24) is 14.5 Å². The molecule has 150 valence electrons. The van der Waals surface area contributed by atoms with Crippen LogP contribution < -0.4 is 16.6 Å². The van der Waals surface area contributed by atoms with Gasteiger partial charge in [0.15, 0.2) is 5.82 Å². The zero-order valence-electron chi connectivity index (χ0n) is 16.3. The third-order valence-corrected chi connectivity index (χ3v) is 5.31. The minimum atomic E-state index is -0.505. The monoisotopic (exact) mass is 393 g/mol. The van der Waals surface area contributed by atoms with Gasteiger partial charge in [0, 0.05) is 35.6 Å². The molecule has 0 aliphatic heterocycles. The van der Waals surface area contributed by atoms with Crippen LogP contribution in [0.3, 0.4) is 0 Å². The lowest BCUT2D eigenvalue weighted by Crippen LogP contribution is -2.33. The Labute approximate surface area is 168 Å². The standard InChI is InChI=1S/C22H24FN5O/c1-14-5-10-20(29)28(13-14)18-4-2-3-15(11-18)21-19(23)12-25-22(27-21)26-17-8-6-16(24)7-9-17/h2-5,10-13,16-17H,6-9,24H2,1H3,(H,25,26,27)/t16-,17-. The third-order valence-electron chi connectivity index (χ3n) is 5.31. The molecule has 1 aliphatic rings. The van der Waals surface area contributed by atoms with Crippen LogP contribution in [0.5, 0.6) is 0 Å². The van der Waals surface area contributed by atoms with E-state index >= 15 is 0 Å². The first kappa shape index (κ1) is 19.3. The van der Waals surface area contributed by atoms with E-state index < -0.39 is 5.82 Å². The van der Waals surface area contributed by atoms with Crippen LogP contribution in [0.2, 0.25) is 0 Å². The molecule has 29 heavy (non-hydrogen) atoms. The largest absolute Gasteiger partial charge is 0.351 e. The zero-order valence-corrected chi connectivity index (χ0v) is 16.3. The van der Waals surface area contributed by atoms with Crippen molar-refractivity contribution in [3.63, 3.8) is 0 Å². The molecule has 2 heterocycles. The van der Waals surface area contributed by atoms with Gasteiger partial charge in [0.05, 0.1) is 6.20 Å². The van der Waals surface area contributed by atoms with E-state index in [1.165, 1.54) is 12.3 Å². The van der Waals surface area contributed by atoms with Gasteiger partial charge in [-0.05, 0) is 50.3 Å². The second kappa shape index (κ2) is 8.13. The Morgan fingerprint density at radius 3 is 2.76 bits per heavy atom. The maximum Gasteiger partial charge on any atom is 0.255 e. The quantitative estimate of drug-likeness (QED) is 0.709. The van der Waals surface area contributed by atoms with Gasteiger partial charge in [-0.25, -0.2) is 14.4 Å². The number of nitrogens with zero attached hydrogens (tertiary/aromatic N) is 3. The van der Waals surface area contributed by atoms with Gasteiger partial charge >= 0.3 is 0 Å². The van der Waals surface area contributed by atoms with Crippen LogP contribution in [0.1, 0.15) is 31.2 Å². The van der Waals surface area contributed by atoms with Crippen molar-refractivity contribution in [3.05, 3.63) is 70.5 Å². The van der Waals surface area contributed by atoms with Crippen LogP contribution in [0.4, 0.5) is 10.3 Å². The summed E-state index contributed by atoms with van der Waals surface area (Å²) in [7, 11) is 0. The molecule has 0 bridgehead atoms. The van der Waals surface area contributed by atoms with Gasteiger partial charge in [-0.2, -0.15) is 0 Å². The maximum atomic E-state index is 14.5. The highest BCUT2D eigenvalue weighted by Gasteiger charge is 2.20. The van der Waals surface area contributed by atoms with E-state index in [0.717, 1.165) is 31.2 Å². The summed E-state index contributed by atoms with van der Waals surface area (Å²) >= 11 is 0. The van der Waals surface area contributed by atoms with E-state index in [4.69, 9.17) is 5.73 Å². The van der Waals surface area contributed by atoms with Crippen molar-refractivity contribution in [2.24, 2.45) is 5.73 Å². The van der Waals surface area contributed by atoms with Crippen molar-refractivity contribution >= 4 is 5.95 Å². The minimum absolute atomic E-state index is 0.145. The number of hydrogen-bond acceptors (Lipinski definition) is 5. The van der Waals surface area contributed by atoms with Gasteiger partial charge in [0.2, 0.25) is 5.95 Å². The molecule has 3 N–H and O–H groups in total. The first-order valence-electron chi connectivity index (χ1n) is 9.84. The molecule has 1 saturated carbocycles. The van der Waals surface area contributed by atoms with E-state index in [-0.39, 0.29) is 23.3 Å². The third kappa shape index (κ3) is 4.35. The van der Waals surface area contributed by atoms with Gasteiger partial charge in [-0.1, -0.05) is 18.2 Å². The molecular formula is C22H24FN5O. The lowest BCUT2D eigenvalue weighted by atomic mass is 9.92. The topological polar surface area (TPSA) is 85.8 Å². The van der Waals surface area contributed by atoms with E-state index in [2.05, 4.69) is 15.3 Å². The van der Waals surface area contributed by atoms with Crippen LogP contribution in [0.15, 0.2) is 53.6 Å². The van der Waals surface area contributed by atoms with Crippen molar-refractivity contribution in [2.45, 2.75) is 44.7 Å². The Hall–Kier alpha value is -3.06. The molecule has 0 unspecified atom stereocenters. The Bertz CT molecular complexity index is 1070. The fourth-order valence-corrected chi connectivity index (χ4v) is 3.68. The summed E-state index contributed by atoms with van der Waals surface area (Å²) in [5.41, 5.74) is 8.23. The molecular weight excluding hydrogens is 369 g/mol. The number of halogens is 1. The van der Waals surface area contributed by atoms with E-state index in [9.17, 15) is 9.18 Å². The first-order chi connectivity index (χ1) is 14.0. The van der Waals surface area contributed by atoms with Gasteiger partial charge in [-0.15, -0.1) is 0 Å². The molecule has 2 aromatic heterocycles. The molecule has 0 amide bonds. The number of hydrogen-bond donors (Lipinski definition) is 2. The number of pyridine rings is 1. The van der Waals surface area contributed by atoms with E-state index in [1.54, 1.807) is 35.0 Å². The number of aryl methyl sites for hydroxylation is 1. The summed E-state index contributed by atoms with van der Waals surface area (Å²) in [6.07, 6.45) is 6.76. The molecule has 1 aliphatic carbocycles. The Morgan fingerprint density at radius 1 is 1.17 bits per heavy atom. The summed E-state index contributed by atoms with van der Waals surface area (Å²) in [5.74, 6) is -0.102. The van der Waals surface area contributed by atoms with Crippen molar-refractivity contribution in [2.75, 3.05) is 5.32 Å². The summed E-state index contributed by atoms with van der Waals surface area (Å²) in [6, 6.07) is 10.9. The lowest BCUT2D eigenvalue weighted by Gasteiger charge is -2.26. The molecule has 6 nitrogen and oxygen atoms in total. The molecule has 0 radical (unpaired) electrons. The number of benzene rings is 1. The van der Waals surface area contributed by atoms with E-state index in [0.29, 0.717) is 17.2 Å². The fraction of sp³-hybridized carbons (Fsp3) is 0.318. The SMILES string of the molecule is Cc1ccc(=O)n(-c2cccc(-c3nc(N[C@H]4CC[C@H](N)CC4)ncc3F)c2)c1. The summed E-state index contributed by atoms with van der Waals surface area (Å²) < 4.78 is 16.1. The van der Waals surface area contributed by atoms with Crippen LogP contribution in [-0.2, 0) is 0 Å². The summed E-state index contributed by atoms with van der Waals surface area (Å²) in [6.45, 7) is 1.92. The van der Waals surface area contributed by atoms with Gasteiger partial charge in [0.25, 0.3) is 5.56 Å². The molecule has 1 fully saturated rings. The number of rotatable bonds is 4. The normalized spacial score (nSPS) is 19.1. The number of anilines is 1. The highest BCUT2D eigenvalue weighted by molar-refractivity contribution is 5.64. The lowest BCUT2D eigenvalue weighted by molar-refractivity contribution is 0.409. The average molecular weight is 393 g/mol. The predicted molar refractivity (Wildman–Crippen MR) is 112 cm³/mol. The van der Waals surface area contributed by atoms with Gasteiger partial charge < -0.3 is 11.1 Å². The highest BCUT2D eigenvalue weighted by Crippen LogP contribution is 2.25. The zero-order chi connectivity index (χ0) is 20.4. The molecule has 0 spiro atoms. The molecule has 0 atom stereocenters. The Morgan fingerprint density at radius 2 is 1.97 bits per heavy atom. The van der Waals surface area contributed by atoms with Crippen LogP contribution >= 0.6 is 0 Å². The Balaban J connectivity index is 1.64. The number of nitrogens with two attached hydrogens (primary N) is 1. The maximum absolute atomic E-state index is 14.5.